The van der Waals surface area contributed by atoms with Crippen molar-refractivity contribution in [3.8, 4) is 5.75 Å². The number of aromatic nitrogens is 2. The zero-order chi connectivity index (χ0) is 23.8. The summed E-state index contributed by atoms with van der Waals surface area (Å²) in [5.41, 5.74) is -1.93. The van der Waals surface area contributed by atoms with E-state index in [4.69, 9.17) is 9.47 Å². The fourth-order valence-corrected chi connectivity index (χ4v) is 4.07. The topological polar surface area (TPSA) is 65.4 Å². The summed E-state index contributed by atoms with van der Waals surface area (Å²) in [5.74, 6) is -6.42. The quantitative estimate of drug-likeness (QED) is 0.669. The second kappa shape index (κ2) is 8.68. The molecule has 0 saturated carbocycles. The van der Waals surface area contributed by atoms with Crippen molar-refractivity contribution in [3.63, 3.8) is 0 Å². The summed E-state index contributed by atoms with van der Waals surface area (Å²) < 4.78 is 81.5. The van der Waals surface area contributed by atoms with E-state index >= 15 is 0 Å². The molecule has 4 atom stereocenters. The lowest BCUT2D eigenvalue weighted by Gasteiger charge is -2.32. The SMILES string of the molecule is COc1c([C@H]2[C@H](C(=O)NCCc3cnn(C)c3)O[C@@](C)(C(F)(F)F)[C@H]2C)ccc(F)c1F. The average molecular weight is 461 g/mol. The molecule has 0 radical (unpaired) electrons. The van der Waals surface area contributed by atoms with E-state index in [2.05, 4.69) is 10.4 Å². The van der Waals surface area contributed by atoms with Crippen molar-refractivity contribution in [3.05, 3.63) is 47.3 Å². The van der Waals surface area contributed by atoms with Gasteiger partial charge in [0.25, 0.3) is 0 Å². The van der Waals surface area contributed by atoms with E-state index in [0.29, 0.717) is 6.42 Å². The van der Waals surface area contributed by atoms with E-state index in [-0.39, 0.29) is 12.1 Å². The molecule has 1 aliphatic rings. The molecule has 176 valence electrons. The van der Waals surface area contributed by atoms with E-state index in [1.807, 2.05) is 0 Å². The number of rotatable bonds is 6. The smallest absolute Gasteiger partial charge is 0.417 e. The highest BCUT2D eigenvalue weighted by Gasteiger charge is 2.65. The maximum atomic E-state index is 14.3. The van der Waals surface area contributed by atoms with Crippen LogP contribution in [0.3, 0.4) is 0 Å². The molecular formula is C21H24F5N3O3. The summed E-state index contributed by atoms with van der Waals surface area (Å²) in [5, 5.41) is 6.59. The molecule has 2 heterocycles. The molecule has 1 N–H and O–H groups in total. The third-order valence-corrected chi connectivity index (χ3v) is 6.04. The fourth-order valence-electron chi connectivity index (χ4n) is 4.07. The standard InChI is InChI=1S/C21H24F5N3O3/c1-11-15(13-5-6-14(22)16(23)17(13)31-4)18(32-20(11,2)21(24,25)26)19(30)27-8-7-12-9-28-29(3)10-12/h5-6,9-11,15,18H,7-8H2,1-4H3,(H,27,30)/t11-,15-,18+,20+/m0/s1. The number of carbonyl (C=O) groups is 1. The number of halogens is 5. The molecule has 0 bridgehead atoms. The van der Waals surface area contributed by atoms with Crippen molar-refractivity contribution in [1.82, 2.24) is 15.1 Å². The van der Waals surface area contributed by atoms with E-state index in [9.17, 15) is 26.7 Å². The van der Waals surface area contributed by atoms with Crippen LogP contribution in [0.25, 0.3) is 0 Å². The summed E-state index contributed by atoms with van der Waals surface area (Å²) in [4.78, 5) is 12.9. The second-order valence-electron chi connectivity index (χ2n) is 8.00. The van der Waals surface area contributed by atoms with Gasteiger partial charge in [-0.1, -0.05) is 13.0 Å². The first-order chi connectivity index (χ1) is 14.9. The molecular weight excluding hydrogens is 437 g/mol. The molecule has 0 spiro atoms. The molecule has 1 aromatic carbocycles. The van der Waals surface area contributed by atoms with E-state index in [1.54, 1.807) is 24.1 Å². The first kappa shape index (κ1) is 24.0. The van der Waals surface area contributed by atoms with Crippen molar-refractivity contribution in [2.45, 2.75) is 44.1 Å². The Labute approximate surface area is 181 Å². The van der Waals surface area contributed by atoms with Crippen LogP contribution in [0.1, 0.15) is 30.9 Å². The largest absolute Gasteiger partial charge is 0.493 e. The molecule has 1 fully saturated rings. The van der Waals surface area contributed by atoms with Crippen LogP contribution in [0.5, 0.6) is 5.75 Å². The Balaban J connectivity index is 1.93. The number of benzene rings is 1. The molecule has 3 rings (SSSR count). The zero-order valence-corrected chi connectivity index (χ0v) is 18.0. The zero-order valence-electron chi connectivity index (χ0n) is 18.0. The van der Waals surface area contributed by atoms with Gasteiger partial charge in [-0.25, -0.2) is 4.39 Å². The predicted molar refractivity (Wildman–Crippen MR) is 104 cm³/mol. The highest BCUT2D eigenvalue weighted by molar-refractivity contribution is 5.82. The summed E-state index contributed by atoms with van der Waals surface area (Å²) >= 11 is 0. The number of aryl methyl sites for hydroxylation is 1. The van der Waals surface area contributed by atoms with Crippen LogP contribution in [0, 0.1) is 17.6 Å². The van der Waals surface area contributed by atoms with Crippen LogP contribution >= 0.6 is 0 Å². The van der Waals surface area contributed by atoms with Crippen molar-refractivity contribution < 1.29 is 36.2 Å². The minimum atomic E-state index is -4.80. The van der Waals surface area contributed by atoms with Gasteiger partial charge in [-0.05, 0) is 25.0 Å². The van der Waals surface area contributed by atoms with Gasteiger partial charge >= 0.3 is 6.18 Å². The highest BCUT2D eigenvalue weighted by atomic mass is 19.4. The molecule has 32 heavy (non-hydrogen) atoms. The van der Waals surface area contributed by atoms with Crippen LogP contribution in [0.2, 0.25) is 0 Å². The van der Waals surface area contributed by atoms with Crippen LogP contribution in [0.4, 0.5) is 22.0 Å². The molecule has 2 aromatic rings. The molecule has 1 saturated heterocycles. The van der Waals surface area contributed by atoms with Gasteiger partial charge in [-0.3, -0.25) is 9.48 Å². The lowest BCUT2D eigenvalue weighted by Crippen LogP contribution is -2.47. The van der Waals surface area contributed by atoms with E-state index < -0.39 is 53.0 Å². The molecule has 11 heteroatoms. The number of methoxy groups -OCH3 is 1. The number of ether oxygens (including phenoxy) is 2. The Morgan fingerprint density at radius 3 is 2.59 bits per heavy atom. The lowest BCUT2D eigenvalue weighted by molar-refractivity contribution is -0.272. The average Bonchev–Trinajstić information content (AvgIpc) is 3.25. The Morgan fingerprint density at radius 2 is 2.03 bits per heavy atom. The number of nitrogens with zero attached hydrogens (tertiary/aromatic N) is 2. The number of hydrogen-bond acceptors (Lipinski definition) is 4. The maximum absolute atomic E-state index is 14.3. The summed E-state index contributed by atoms with van der Waals surface area (Å²) in [6.45, 7) is 2.24. The van der Waals surface area contributed by atoms with Gasteiger partial charge < -0.3 is 14.8 Å². The number of alkyl halides is 3. The number of carbonyl (C=O) groups excluding carboxylic acids is 1. The van der Waals surface area contributed by atoms with Gasteiger partial charge in [0, 0.05) is 37.2 Å². The third kappa shape index (κ3) is 4.17. The van der Waals surface area contributed by atoms with Crippen molar-refractivity contribution in [2.24, 2.45) is 13.0 Å². The van der Waals surface area contributed by atoms with Crippen LogP contribution < -0.4 is 10.1 Å². The molecule has 0 aliphatic carbocycles. The summed E-state index contributed by atoms with van der Waals surface area (Å²) in [6, 6.07) is 1.92. The third-order valence-electron chi connectivity index (χ3n) is 6.04. The maximum Gasteiger partial charge on any atom is 0.417 e. The van der Waals surface area contributed by atoms with Crippen molar-refractivity contribution in [1.29, 1.82) is 0 Å². The highest BCUT2D eigenvalue weighted by Crippen LogP contribution is 2.54. The van der Waals surface area contributed by atoms with Gasteiger partial charge in [0.2, 0.25) is 11.7 Å². The van der Waals surface area contributed by atoms with Crippen molar-refractivity contribution in [2.75, 3.05) is 13.7 Å². The minimum absolute atomic E-state index is 0.0701. The monoisotopic (exact) mass is 461 g/mol. The van der Waals surface area contributed by atoms with E-state index in [1.165, 1.54) is 6.92 Å². The van der Waals surface area contributed by atoms with Gasteiger partial charge in [0.1, 0.15) is 6.10 Å². The molecule has 1 aromatic heterocycles. The van der Waals surface area contributed by atoms with Gasteiger partial charge in [-0.15, -0.1) is 0 Å². The Kier molecular flexibility index (Phi) is 6.50. The Bertz CT molecular complexity index is 994. The van der Waals surface area contributed by atoms with Crippen LogP contribution in [0.15, 0.2) is 24.5 Å². The predicted octanol–water partition coefficient (Wildman–Crippen LogP) is 3.51. The summed E-state index contributed by atoms with van der Waals surface area (Å²) in [7, 11) is 2.81. The Morgan fingerprint density at radius 1 is 1.34 bits per heavy atom. The lowest BCUT2D eigenvalue weighted by atomic mass is 9.77. The Hall–Kier alpha value is -2.69. The van der Waals surface area contributed by atoms with E-state index in [0.717, 1.165) is 31.7 Å². The molecule has 1 aliphatic heterocycles. The second-order valence-corrected chi connectivity index (χ2v) is 8.00. The molecule has 1 amide bonds. The number of amides is 1. The number of hydrogen-bond donors (Lipinski definition) is 1. The minimum Gasteiger partial charge on any atom is -0.493 e. The summed E-state index contributed by atoms with van der Waals surface area (Å²) in [6.07, 6.45) is -2.64. The first-order valence-corrected chi connectivity index (χ1v) is 9.92. The van der Waals surface area contributed by atoms with Crippen LogP contribution in [-0.4, -0.2) is 47.2 Å². The van der Waals surface area contributed by atoms with Crippen LogP contribution in [-0.2, 0) is 23.0 Å². The fraction of sp³-hybridized carbons (Fsp3) is 0.524. The van der Waals surface area contributed by atoms with Crippen molar-refractivity contribution >= 4 is 5.91 Å². The molecule has 0 unspecified atom stereocenters. The van der Waals surface area contributed by atoms with Gasteiger partial charge in [-0.2, -0.15) is 22.7 Å². The van der Waals surface area contributed by atoms with Gasteiger partial charge in [0.15, 0.2) is 17.2 Å². The first-order valence-electron chi connectivity index (χ1n) is 9.92. The van der Waals surface area contributed by atoms with Gasteiger partial charge in [0.05, 0.1) is 13.3 Å². The normalized spacial score (nSPS) is 25.7. The molecule has 6 nitrogen and oxygen atoms in total. The number of nitrogens with one attached hydrogen (secondary N) is 1.